The number of fused-ring (bicyclic) bond motifs is 1. The van der Waals surface area contributed by atoms with Crippen molar-refractivity contribution in [3.05, 3.63) is 34.4 Å². The summed E-state index contributed by atoms with van der Waals surface area (Å²) >= 11 is 6.48. The van der Waals surface area contributed by atoms with Crippen molar-refractivity contribution in [1.82, 2.24) is 9.80 Å². The fourth-order valence-corrected chi connectivity index (χ4v) is 3.57. The zero-order valence-electron chi connectivity index (χ0n) is 12.9. The molecule has 1 aromatic carbocycles. The maximum absolute atomic E-state index is 6.48. The van der Waals surface area contributed by atoms with Crippen LogP contribution in [0.15, 0.2) is 18.2 Å². The standard InChI is InChI=1S/C17H23ClN2O/c1-19-8-10-20(11-9-19)12-13-4-3-5-14-16(21-2)7-6-15(18)17(13)14/h4,6-7H,3,5,8-12H2,1-2H3. The number of hydrogen-bond acceptors (Lipinski definition) is 3. The molecule has 1 fully saturated rings. The number of ether oxygens (including phenoxy) is 1. The summed E-state index contributed by atoms with van der Waals surface area (Å²) in [7, 11) is 3.93. The summed E-state index contributed by atoms with van der Waals surface area (Å²) in [6.07, 6.45) is 4.45. The molecular formula is C17H23ClN2O. The van der Waals surface area contributed by atoms with Crippen LogP contribution in [0.3, 0.4) is 0 Å². The Balaban J connectivity index is 1.84. The lowest BCUT2D eigenvalue weighted by Crippen LogP contribution is -2.45. The monoisotopic (exact) mass is 306 g/mol. The molecule has 21 heavy (non-hydrogen) atoms. The van der Waals surface area contributed by atoms with Crippen LogP contribution in [0.4, 0.5) is 0 Å². The van der Waals surface area contributed by atoms with Crippen LogP contribution in [0.25, 0.3) is 5.57 Å². The number of halogens is 1. The first-order valence-electron chi connectivity index (χ1n) is 7.64. The van der Waals surface area contributed by atoms with Gasteiger partial charge < -0.3 is 9.64 Å². The number of rotatable bonds is 3. The Morgan fingerprint density at radius 2 is 1.95 bits per heavy atom. The molecule has 3 nitrogen and oxygen atoms in total. The average molecular weight is 307 g/mol. The van der Waals surface area contributed by atoms with Gasteiger partial charge in [-0.3, -0.25) is 4.90 Å². The second kappa shape index (κ2) is 6.39. The van der Waals surface area contributed by atoms with E-state index in [4.69, 9.17) is 16.3 Å². The molecule has 1 aromatic rings. The van der Waals surface area contributed by atoms with Gasteiger partial charge in [0.05, 0.1) is 7.11 Å². The highest BCUT2D eigenvalue weighted by Gasteiger charge is 2.22. The van der Waals surface area contributed by atoms with Crippen LogP contribution in [0, 0.1) is 0 Å². The number of piperazine rings is 1. The van der Waals surface area contributed by atoms with Gasteiger partial charge >= 0.3 is 0 Å². The number of methoxy groups -OCH3 is 1. The zero-order chi connectivity index (χ0) is 14.8. The SMILES string of the molecule is COc1ccc(Cl)c2c1CCC=C2CN1CCN(C)CC1. The van der Waals surface area contributed by atoms with Gasteiger partial charge in [-0.1, -0.05) is 17.7 Å². The quantitative estimate of drug-likeness (QED) is 0.854. The lowest BCUT2D eigenvalue weighted by atomic mass is 9.89. The Kier molecular flexibility index (Phi) is 4.53. The summed E-state index contributed by atoms with van der Waals surface area (Å²) < 4.78 is 5.51. The minimum Gasteiger partial charge on any atom is -0.496 e. The molecule has 0 aromatic heterocycles. The van der Waals surface area contributed by atoms with Crippen LogP contribution in [0.1, 0.15) is 17.5 Å². The summed E-state index contributed by atoms with van der Waals surface area (Å²) in [6, 6.07) is 3.95. The van der Waals surface area contributed by atoms with Crippen LogP contribution in [0.5, 0.6) is 5.75 Å². The van der Waals surface area contributed by atoms with E-state index in [0.29, 0.717) is 0 Å². The van der Waals surface area contributed by atoms with E-state index in [-0.39, 0.29) is 0 Å². The van der Waals surface area contributed by atoms with E-state index in [1.807, 2.05) is 12.1 Å². The summed E-state index contributed by atoms with van der Waals surface area (Å²) in [6.45, 7) is 5.54. The second-order valence-corrected chi connectivity index (χ2v) is 6.36. The Morgan fingerprint density at radius 1 is 1.19 bits per heavy atom. The molecule has 1 saturated heterocycles. The van der Waals surface area contributed by atoms with Gasteiger partial charge in [-0.05, 0) is 37.6 Å². The fraction of sp³-hybridized carbons (Fsp3) is 0.529. The summed E-state index contributed by atoms with van der Waals surface area (Å²) in [5.74, 6) is 0.971. The summed E-state index contributed by atoms with van der Waals surface area (Å²) in [4.78, 5) is 4.91. The first-order chi connectivity index (χ1) is 10.2. The lowest BCUT2D eigenvalue weighted by Gasteiger charge is -2.34. The van der Waals surface area contributed by atoms with Crippen LogP contribution in [0.2, 0.25) is 5.02 Å². The highest BCUT2D eigenvalue weighted by Crippen LogP contribution is 2.38. The Morgan fingerprint density at radius 3 is 2.67 bits per heavy atom. The van der Waals surface area contributed by atoms with Crippen molar-refractivity contribution in [3.63, 3.8) is 0 Å². The molecule has 0 spiro atoms. The van der Waals surface area contributed by atoms with Crippen LogP contribution < -0.4 is 4.74 Å². The molecule has 3 rings (SSSR count). The van der Waals surface area contributed by atoms with Gasteiger partial charge in [-0.25, -0.2) is 0 Å². The van der Waals surface area contributed by atoms with Crippen molar-refractivity contribution in [2.75, 3.05) is 46.9 Å². The van der Waals surface area contributed by atoms with E-state index in [2.05, 4.69) is 22.9 Å². The normalized spacial score (nSPS) is 20.0. The highest BCUT2D eigenvalue weighted by molar-refractivity contribution is 6.32. The van der Waals surface area contributed by atoms with E-state index in [0.717, 1.165) is 56.3 Å². The molecule has 0 N–H and O–H groups in total. The molecule has 1 aliphatic carbocycles. The van der Waals surface area contributed by atoms with Gasteiger partial charge in [-0.15, -0.1) is 0 Å². The van der Waals surface area contributed by atoms with E-state index in [1.54, 1.807) is 7.11 Å². The van der Waals surface area contributed by atoms with E-state index < -0.39 is 0 Å². The number of benzene rings is 1. The minimum atomic E-state index is 0.853. The van der Waals surface area contributed by atoms with Gasteiger partial charge in [0, 0.05) is 48.9 Å². The number of likely N-dealkylation sites (N-methyl/N-ethyl adjacent to an activating group) is 1. The highest BCUT2D eigenvalue weighted by atomic mass is 35.5. The predicted molar refractivity (Wildman–Crippen MR) is 88.2 cm³/mol. The van der Waals surface area contributed by atoms with Crippen molar-refractivity contribution < 1.29 is 4.74 Å². The molecular weight excluding hydrogens is 284 g/mol. The van der Waals surface area contributed by atoms with Crippen LogP contribution in [-0.4, -0.2) is 56.7 Å². The molecule has 0 radical (unpaired) electrons. The molecule has 0 unspecified atom stereocenters. The van der Waals surface area contributed by atoms with Gasteiger partial charge in [0.1, 0.15) is 5.75 Å². The minimum absolute atomic E-state index is 0.853. The maximum Gasteiger partial charge on any atom is 0.122 e. The van der Waals surface area contributed by atoms with Gasteiger partial charge in [-0.2, -0.15) is 0 Å². The predicted octanol–water partition coefficient (Wildman–Crippen LogP) is 2.93. The smallest absolute Gasteiger partial charge is 0.122 e. The summed E-state index contributed by atoms with van der Waals surface area (Å²) in [5, 5.41) is 0.853. The van der Waals surface area contributed by atoms with Crippen molar-refractivity contribution in [1.29, 1.82) is 0 Å². The Hall–Kier alpha value is -1.03. The molecule has 0 amide bonds. The van der Waals surface area contributed by atoms with Crippen molar-refractivity contribution in [3.8, 4) is 5.75 Å². The number of hydrogen-bond donors (Lipinski definition) is 0. The number of nitrogens with zero attached hydrogens (tertiary/aromatic N) is 2. The maximum atomic E-state index is 6.48. The Labute approximate surface area is 132 Å². The van der Waals surface area contributed by atoms with E-state index in [1.165, 1.54) is 16.7 Å². The van der Waals surface area contributed by atoms with E-state index >= 15 is 0 Å². The van der Waals surface area contributed by atoms with Crippen LogP contribution in [-0.2, 0) is 6.42 Å². The molecule has 114 valence electrons. The second-order valence-electron chi connectivity index (χ2n) is 5.95. The summed E-state index contributed by atoms with van der Waals surface area (Å²) in [5.41, 5.74) is 3.85. The molecule has 4 heteroatoms. The third kappa shape index (κ3) is 3.10. The van der Waals surface area contributed by atoms with Crippen molar-refractivity contribution >= 4 is 17.2 Å². The molecule has 0 atom stereocenters. The third-order valence-electron chi connectivity index (χ3n) is 4.54. The number of allylic oxidation sites excluding steroid dienone is 1. The molecule has 0 saturated carbocycles. The zero-order valence-corrected chi connectivity index (χ0v) is 13.6. The Bertz CT molecular complexity index is 548. The largest absolute Gasteiger partial charge is 0.496 e. The average Bonchev–Trinajstić information content (AvgIpc) is 2.50. The van der Waals surface area contributed by atoms with Crippen LogP contribution >= 0.6 is 11.6 Å². The third-order valence-corrected chi connectivity index (χ3v) is 4.85. The van der Waals surface area contributed by atoms with Crippen molar-refractivity contribution in [2.24, 2.45) is 0 Å². The molecule has 1 heterocycles. The molecule has 2 aliphatic rings. The van der Waals surface area contributed by atoms with Crippen molar-refractivity contribution in [2.45, 2.75) is 12.8 Å². The lowest BCUT2D eigenvalue weighted by molar-refractivity contribution is 0.168. The molecule has 1 aliphatic heterocycles. The first kappa shape index (κ1) is 14.9. The van der Waals surface area contributed by atoms with Gasteiger partial charge in [0.25, 0.3) is 0 Å². The topological polar surface area (TPSA) is 15.7 Å². The molecule has 0 bridgehead atoms. The fourth-order valence-electron chi connectivity index (χ4n) is 3.27. The van der Waals surface area contributed by atoms with Gasteiger partial charge in [0.15, 0.2) is 0 Å². The van der Waals surface area contributed by atoms with E-state index in [9.17, 15) is 0 Å². The first-order valence-corrected chi connectivity index (χ1v) is 8.02. The van der Waals surface area contributed by atoms with Gasteiger partial charge in [0.2, 0.25) is 0 Å².